The standard InChI is InChI=1S/C14H30/c1-8-11(5)14(12(6)9-2)13(7)10(3)4/h10-14H,8-9H2,1-7H3. The Morgan fingerprint density at radius 2 is 1.07 bits per heavy atom. The Balaban J connectivity index is 4.53. The quantitative estimate of drug-likeness (QED) is 0.564. The Labute approximate surface area is 91.5 Å². The van der Waals surface area contributed by atoms with E-state index in [9.17, 15) is 0 Å². The van der Waals surface area contributed by atoms with Crippen LogP contribution in [0.2, 0.25) is 0 Å². The van der Waals surface area contributed by atoms with Crippen LogP contribution in [0.1, 0.15) is 61.3 Å². The van der Waals surface area contributed by atoms with Gasteiger partial charge in [-0.15, -0.1) is 0 Å². The number of hydrogen-bond donors (Lipinski definition) is 0. The van der Waals surface area contributed by atoms with E-state index in [1.54, 1.807) is 0 Å². The first-order chi connectivity index (χ1) is 6.45. The Bertz CT molecular complexity index is 127. The molecule has 3 atom stereocenters. The summed E-state index contributed by atoms with van der Waals surface area (Å²) in [4.78, 5) is 0. The van der Waals surface area contributed by atoms with E-state index in [1.807, 2.05) is 0 Å². The van der Waals surface area contributed by atoms with Crippen molar-refractivity contribution in [1.82, 2.24) is 0 Å². The van der Waals surface area contributed by atoms with Crippen molar-refractivity contribution < 1.29 is 0 Å². The van der Waals surface area contributed by atoms with Crippen LogP contribution in [-0.2, 0) is 0 Å². The molecule has 0 radical (unpaired) electrons. The van der Waals surface area contributed by atoms with Crippen molar-refractivity contribution in [2.45, 2.75) is 61.3 Å². The molecule has 0 aromatic heterocycles. The van der Waals surface area contributed by atoms with Crippen LogP contribution in [0.5, 0.6) is 0 Å². The van der Waals surface area contributed by atoms with Crippen molar-refractivity contribution >= 4 is 0 Å². The van der Waals surface area contributed by atoms with Crippen molar-refractivity contribution in [3.8, 4) is 0 Å². The fraction of sp³-hybridized carbons (Fsp3) is 1.00. The van der Waals surface area contributed by atoms with Gasteiger partial charge >= 0.3 is 0 Å². The molecule has 0 amide bonds. The van der Waals surface area contributed by atoms with Gasteiger partial charge in [0.2, 0.25) is 0 Å². The van der Waals surface area contributed by atoms with Gasteiger partial charge in [0.05, 0.1) is 0 Å². The zero-order chi connectivity index (χ0) is 11.3. The third kappa shape index (κ3) is 3.63. The van der Waals surface area contributed by atoms with Crippen molar-refractivity contribution in [1.29, 1.82) is 0 Å². The third-order valence-corrected chi connectivity index (χ3v) is 4.26. The fourth-order valence-corrected chi connectivity index (χ4v) is 2.59. The predicted molar refractivity (Wildman–Crippen MR) is 66.4 cm³/mol. The molecule has 14 heavy (non-hydrogen) atoms. The molecule has 0 nitrogen and oxygen atoms in total. The summed E-state index contributed by atoms with van der Waals surface area (Å²) in [5.41, 5.74) is 0. The largest absolute Gasteiger partial charge is 0.0651 e. The first-order valence-electron chi connectivity index (χ1n) is 6.45. The average molecular weight is 198 g/mol. The van der Waals surface area contributed by atoms with E-state index in [0.29, 0.717) is 0 Å². The van der Waals surface area contributed by atoms with Gasteiger partial charge in [0.25, 0.3) is 0 Å². The summed E-state index contributed by atoms with van der Waals surface area (Å²) in [7, 11) is 0. The lowest BCUT2D eigenvalue weighted by molar-refractivity contribution is 0.133. The van der Waals surface area contributed by atoms with Gasteiger partial charge in [0.1, 0.15) is 0 Å². The lowest BCUT2D eigenvalue weighted by Crippen LogP contribution is -2.29. The minimum absolute atomic E-state index is 0.822. The van der Waals surface area contributed by atoms with Crippen LogP contribution in [0.3, 0.4) is 0 Å². The van der Waals surface area contributed by atoms with Gasteiger partial charge in [0, 0.05) is 0 Å². The molecule has 0 heterocycles. The molecule has 0 aliphatic heterocycles. The van der Waals surface area contributed by atoms with Gasteiger partial charge in [-0.25, -0.2) is 0 Å². The Hall–Kier alpha value is 0. The summed E-state index contributed by atoms with van der Waals surface area (Å²) in [5, 5.41) is 0. The summed E-state index contributed by atoms with van der Waals surface area (Å²) in [5.74, 6) is 4.34. The lowest BCUT2D eigenvalue weighted by atomic mass is 9.70. The third-order valence-electron chi connectivity index (χ3n) is 4.26. The molecular formula is C14H30. The molecule has 0 aromatic rings. The smallest absolute Gasteiger partial charge is 0.0335 e. The van der Waals surface area contributed by atoms with Gasteiger partial charge in [-0.1, -0.05) is 61.3 Å². The van der Waals surface area contributed by atoms with Gasteiger partial charge in [-0.05, 0) is 29.6 Å². The highest BCUT2D eigenvalue weighted by Crippen LogP contribution is 2.36. The predicted octanol–water partition coefficient (Wildman–Crippen LogP) is 4.99. The van der Waals surface area contributed by atoms with Crippen LogP contribution >= 0.6 is 0 Å². The molecule has 0 saturated carbocycles. The van der Waals surface area contributed by atoms with Crippen LogP contribution in [0, 0.1) is 29.6 Å². The minimum atomic E-state index is 0.822. The van der Waals surface area contributed by atoms with Crippen LogP contribution in [0.15, 0.2) is 0 Å². The maximum Gasteiger partial charge on any atom is -0.0335 e. The van der Waals surface area contributed by atoms with E-state index in [4.69, 9.17) is 0 Å². The maximum absolute atomic E-state index is 2.44. The van der Waals surface area contributed by atoms with E-state index in [1.165, 1.54) is 12.8 Å². The van der Waals surface area contributed by atoms with Gasteiger partial charge in [-0.2, -0.15) is 0 Å². The van der Waals surface area contributed by atoms with E-state index in [-0.39, 0.29) is 0 Å². The minimum Gasteiger partial charge on any atom is -0.0651 e. The van der Waals surface area contributed by atoms with E-state index < -0.39 is 0 Å². The van der Waals surface area contributed by atoms with Crippen molar-refractivity contribution in [2.24, 2.45) is 29.6 Å². The van der Waals surface area contributed by atoms with Crippen LogP contribution in [0.4, 0.5) is 0 Å². The zero-order valence-corrected chi connectivity index (χ0v) is 11.3. The van der Waals surface area contributed by atoms with E-state index >= 15 is 0 Å². The second-order valence-corrected chi connectivity index (χ2v) is 5.45. The molecule has 0 N–H and O–H groups in total. The normalized spacial score (nSPS) is 20.6. The van der Waals surface area contributed by atoms with E-state index in [2.05, 4.69) is 48.5 Å². The van der Waals surface area contributed by atoms with Gasteiger partial charge in [-0.3, -0.25) is 0 Å². The summed E-state index contributed by atoms with van der Waals surface area (Å²) in [6.45, 7) is 16.7. The SMILES string of the molecule is CCC(C)C(C(C)CC)C(C)C(C)C. The monoisotopic (exact) mass is 198 g/mol. The zero-order valence-electron chi connectivity index (χ0n) is 11.3. The Morgan fingerprint density at radius 3 is 1.29 bits per heavy atom. The second kappa shape index (κ2) is 6.48. The molecule has 0 rings (SSSR count). The summed E-state index contributed by atoms with van der Waals surface area (Å²) in [6, 6.07) is 0. The molecule has 86 valence electrons. The molecule has 0 aliphatic rings. The molecule has 0 saturated heterocycles. The van der Waals surface area contributed by atoms with Crippen LogP contribution in [0.25, 0.3) is 0 Å². The Morgan fingerprint density at radius 1 is 0.714 bits per heavy atom. The second-order valence-electron chi connectivity index (χ2n) is 5.45. The molecule has 0 fully saturated rings. The topological polar surface area (TPSA) is 0 Å². The Kier molecular flexibility index (Phi) is 6.48. The van der Waals surface area contributed by atoms with Crippen LogP contribution < -0.4 is 0 Å². The fourth-order valence-electron chi connectivity index (χ4n) is 2.59. The first kappa shape index (κ1) is 14.0. The number of hydrogen-bond acceptors (Lipinski definition) is 0. The maximum atomic E-state index is 2.44. The highest BCUT2D eigenvalue weighted by molar-refractivity contribution is 4.77. The molecule has 0 aromatic carbocycles. The molecule has 0 spiro atoms. The number of rotatable bonds is 6. The van der Waals surface area contributed by atoms with Crippen LogP contribution in [-0.4, -0.2) is 0 Å². The van der Waals surface area contributed by atoms with Gasteiger partial charge in [0.15, 0.2) is 0 Å². The molecule has 3 unspecified atom stereocenters. The summed E-state index contributed by atoms with van der Waals surface area (Å²) < 4.78 is 0. The average Bonchev–Trinajstić information content (AvgIpc) is 2.16. The van der Waals surface area contributed by atoms with Crippen molar-refractivity contribution in [3.05, 3.63) is 0 Å². The first-order valence-corrected chi connectivity index (χ1v) is 6.45. The molecule has 0 bridgehead atoms. The highest BCUT2D eigenvalue weighted by Gasteiger charge is 2.28. The highest BCUT2D eigenvalue weighted by atomic mass is 14.3. The molecule has 0 heteroatoms. The molecular weight excluding hydrogens is 168 g/mol. The van der Waals surface area contributed by atoms with Crippen molar-refractivity contribution in [2.75, 3.05) is 0 Å². The molecule has 0 aliphatic carbocycles. The van der Waals surface area contributed by atoms with Gasteiger partial charge < -0.3 is 0 Å². The summed E-state index contributed by atoms with van der Waals surface area (Å²) in [6.07, 6.45) is 2.65. The lowest BCUT2D eigenvalue weighted by Gasteiger charge is -2.36. The summed E-state index contributed by atoms with van der Waals surface area (Å²) >= 11 is 0. The van der Waals surface area contributed by atoms with Crippen molar-refractivity contribution in [3.63, 3.8) is 0 Å². The van der Waals surface area contributed by atoms with E-state index in [0.717, 1.165) is 29.6 Å².